The first-order valence-electron chi connectivity index (χ1n) is 7.16. The maximum atomic E-state index is 12.4. The predicted octanol–water partition coefficient (Wildman–Crippen LogP) is 3.00. The van der Waals surface area contributed by atoms with Crippen molar-refractivity contribution >= 4 is 22.5 Å². The van der Waals surface area contributed by atoms with Crippen molar-refractivity contribution in [1.29, 1.82) is 0 Å². The maximum absolute atomic E-state index is 12.4. The molecule has 0 aliphatic heterocycles. The van der Waals surface area contributed by atoms with Gasteiger partial charge in [-0.25, -0.2) is 4.68 Å². The van der Waals surface area contributed by atoms with Crippen molar-refractivity contribution in [3.8, 4) is 5.69 Å². The Bertz CT molecular complexity index is 971. The molecule has 112 valence electrons. The second-order valence-corrected chi connectivity index (χ2v) is 5.08. The summed E-state index contributed by atoms with van der Waals surface area (Å²) in [6.45, 7) is 0. The third kappa shape index (κ3) is 2.46. The average molecular weight is 303 g/mol. The Balaban J connectivity index is 1.59. The highest BCUT2D eigenvalue weighted by Crippen LogP contribution is 2.17. The van der Waals surface area contributed by atoms with Crippen molar-refractivity contribution < 1.29 is 4.79 Å². The number of nitrogens with zero attached hydrogens (tertiary/aromatic N) is 3. The molecule has 0 aliphatic carbocycles. The van der Waals surface area contributed by atoms with Crippen LogP contribution in [0.3, 0.4) is 0 Å². The summed E-state index contributed by atoms with van der Waals surface area (Å²) in [6.07, 6.45) is 3.38. The Kier molecular flexibility index (Phi) is 3.12. The van der Waals surface area contributed by atoms with Crippen molar-refractivity contribution in [2.75, 3.05) is 5.32 Å². The highest BCUT2D eigenvalue weighted by Gasteiger charge is 2.14. The smallest absolute Gasteiger partial charge is 0.276 e. The maximum Gasteiger partial charge on any atom is 0.276 e. The summed E-state index contributed by atoms with van der Waals surface area (Å²) >= 11 is 0. The molecule has 0 saturated carbocycles. The van der Waals surface area contributed by atoms with Gasteiger partial charge in [-0.2, -0.15) is 10.2 Å². The number of anilines is 1. The van der Waals surface area contributed by atoms with Crippen LogP contribution in [0.25, 0.3) is 16.6 Å². The van der Waals surface area contributed by atoms with Gasteiger partial charge in [0.2, 0.25) is 0 Å². The number of hydrogen-bond donors (Lipinski definition) is 2. The first-order valence-corrected chi connectivity index (χ1v) is 7.16. The van der Waals surface area contributed by atoms with Gasteiger partial charge >= 0.3 is 0 Å². The van der Waals surface area contributed by atoms with E-state index in [9.17, 15) is 4.79 Å². The van der Waals surface area contributed by atoms with E-state index in [-0.39, 0.29) is 5.91 Å². The van der Waals surface area contributed by atoms with Gasteiger partial charge in [-0.1, -0.05) is 36.4 Å². The fourth-order valence-electron chi connectivity index (χ4n) is 2.44. The molecule has 4 aromatic rings. The van der Waals surface area contributed by atoms with Crippen LogP contribution in [-0.2, 0) is 0 Å². The largest absolute Gasteiger partial charge is 0.318 e. The van der Waals surface area contributed by atoms with Crippen molar-refractivity contribution in [3.63, 3.8) is 0 Å². The molecule has 0 radical (unpaired) electrons. The van der Waals surface area contributed by atoms with Gasteiger partial charge in [-0.15, -0.1) is 0 Å². The Morgan fingerprint density at radius 2 is 1.83 bits per heavy atom. The molecule has 23 heavy (non-hydrogen) atoms. The number of carbonyl (C=O) groups is 1. The normalized spacial score (nSPS) is 10.8. The SMILES string of the molecule is O=C(Nc1cnn(-c2ccccc2)c1)c1n[nH]c2ccccc12. The number of aromatic nitrogens is 4. The molecule has 0 atom stereocenters. The number of fused-ring (bicyclic) bond motifs is 1. The van der Waals surface area contributed by atoms with Crippen LogP contribution in [0.2, 0.25) is 0 Å². The third-order valence-electron chi connectivity index (χ3n) is 3.55. The van der Waals surface area contributed by atoms with E-state index in [0.717, 1.165) is 16.6 Å². The van der Waals surface area contributed by atoms with Gasteiger partial charge in [0.1, 0.15) is 0 Å². The molecule has 6 heteroatoms. The molecular formula is C17H13N5O. The highest BCUT2D eigenvalue weighted by atomic mass is 16.2. The van der Waals surface area contributed by atoms with Crippen LogP contribution in [-0.4, -0.2) is 25.9 Å². The number of para-hydroxylation sites is 2. The quantitative estimate of drug-likeness (QED) is 0.611. The van der Waals surface area contributed by atoms with Crippen LogP contribution < -0.4 is 5.32 Å². The fourth-order valence-corrected chi connectivity index (χ4v) is 2.44. The van der Waals surface area contributed by atoms with Crippen LogP contribution in [0, 0.1) is 0 Å². The fraction of sp³-hybridized carbons (Fsp3) is 0. The van der Waals surface area contributed by atoms with Gasteiger partial charge < -0.3 is 5.32 Å². The molecule has 0 unspecified atom stereocenters. The zero-order chi connectivity index (χ0) is 15.6. The van der Waals surface area contributed by atoms with Crippen molar-refractivity contribution in [3.05, 3.63) is 72.7 Å². The van der Waals surface area contributed by atoms with E-state index in [0.29, 0.717) is 11.4 Å². The molecule has 0 saturated heterocycles. The molecule has 0 fully saturated rings. The van der Waals surface area contributed by atoms with Crippen LogP contribution in [0.15, 0.2) is 67.0 Å². The Morgan fingerprint density at radius 3 is 2.70 bits per heavy atom. The molecule has 0 bridgehead atoms. The summed E-state index contributed by atoms with van der Waals surface area (Å²) in [4.78, 5) is 12.4. The van der Waals surface area contributed by atoms with Gasteiger partial charge in [0.05, 0.1) is 29.3 Å². The van der Waals surface area contributed by atoms with E-state index in [1.807, 2.05) is 54.6 Å². The summed E-state index contributed by atoms with van der Waals surface area (Å²) in [5.41, 5.74) is 2.75. The van der Waals surface area contributed by atoms with E-state index in [1.54, 1.807) is 17.1 Å². The molecule has 2 aromatic carbocycles. The zero-order valence-corrected chi connectivity index (χ0v) is 12.1. The number of carbonyl (C=O) groups excluding carboxylic acids is 1. The van der Waals surface area contributed by atoms with Crippen LogP contribution in [0.4, 0.5) is 5.69 Å². The first kappa shape index (κ1) is 13.3. The van der Waals surface area contributed by atoms with E-state index in [4.69, 9.17) is 0 Å². The van der Waals surface area contributed by atoms with Crippen LogP contribution >= 0.6 is 0 Å². The molecular weight excluding hydrogens is 290 g/mol. The molecule has 4 rings (SSSR count). The number of aromatic amines is 1. The van der Waals surface area contributed by atoms with Crippen LogP contribution in [0.5, 0.6) is 0 Å². The second kappa shape index (κ2) is 5.42. The minimum Gasteiger partial charge on any atom is -0.318 e. The van der Waals surface area contributed by atoms with Gasteiger partial charge in [0.15, 0.2) is 5.69 Å². The Hall–Kier alpha value is -3.41. The minimum atomic E-state index is -0.268. The van der Waals surface area contributed by atoms with E-state index in [2.05, 4.69) is 20.6 Å². The standard InChI is InChI=1S/C17H13N5O/c23-17(16-14-8-4-5-9-15(14)20-21-16)19-12-10-18-22(11-12)13-6-2-1-3-7-13/h1-11H,(H,19,23)(H,20,21). The molecule has 2 aromatic heterocycles. The number of hydrogen-bond acceptors (Lipinski definition) is 3. The lowest BCUT2D eigenvalue weighted by Crippen LogP contribution is -2.12. The number of amides is 1. The second-order valence-electron chi connectivity index (χ2n) is 5.08. The zero-order valence-electron chi connectivity index (χ0n) is 12.1. The number of nitrogens with one attached hydrogen (secondary N) is 2. The van der Waals surface area contributed by atoms with E-state index >= 15 is 0 Å². The van der Waals surface area contributed by atoms with Gasteiger partial charge in [-0.05, 0) is 18.2 Å². The minimum absolute atomic E-state index is 0.268. The lowest BCUT2D eigenvalue weighted by atomic mass is 10.2. The van der Waals surface area contributed by atoms with Crippen molar-refractivity contribution in [1.82, 2.24) is 20.0 Å². The summed E-state index contributed by atoms with van der Waals surface area (Å²) in [5.74, 6) is -0.268. The summed E-state index contributed by atoms with van der Waals surface area (Å²) < 4.78 is 1.71. The summed E-state index contributed by atoms with van der Waals surface area (Å²) in [7, 11) is 0. The summed E-state index contributed by atoms with van der Waals surface area (Å²) in [6, 6.07) is 17.2. The van der Waals surface area contributed by atoms with E-state index < -0.39 is 0 Å². The molecule has 1 amide bonds. The highest BCUT2D eigenvalue weighted by molar-refractivity contribution is 6.10. The molecule has 0 spiro atoms. The van der Waals surface area contributed by atoms with Crippen molar-refractivity contribution in [2.24, 2.45) is 0 Å². The van der Waals surface area contributed by atoms with E-state index in [1.165, 1.54) is 0 Å². The van der Waals surface area contributed by atoms with Gasteiger partial charge in [0.25, 0.3) is 5.91 Å². The number of benzene rings is 2. The average Bonchev–Trinajstić information content (AvgIpc) is 3.22. The molecule has 0 aliphatic rings. The third-order valence-corrected chi connectivity index (χ3v) is 3.55. The summed E-state index contributed by atoms with van der Waals surface area (Å²) in [5, 5.41) is 14.8. The molecule has 2 heterocycles. The lowest BCUT2D eigenvalue weighted by Gasteiger charge is -2.00. The van der Waals surface area contributed by atoms with Gasteiger partial charge in [0, 0.05) is 5.39 Å². The Morgan fingerprint density at radius 1 is 1.04 bits per heavy atom. The van der Waals surface area contributed by atoms with Gasteiger partial charge in [-0.3, -0.25) is 9.89 Å². The lowest BCUT2D eigenvalue weighted by molar-refractivity contribution is 0.102. The Labute approximate surface area is 131 Å². The monoisotopic (exact) mass is 303 g/mol. The first-order chi connectivity index (χ1) is 11.3. The number of rotatable bonds is 3. The predicted molar refractivity (Wildman–Crippen MR) is 87.6 cm³/mol. The topological polar surface area (TPSA) is 75.6 Å². The number of H-pyrrole nitrogens is 1. The van der Waals surface area contributed by atoms with Crippen molar-refractivity contribution in [2.45, 2.75) is 0 Å². The molecule has 2 N–H and O–H groups in total. The van der Waals surface area contributed by atoms with Crippen LogP contribution in [0.1, 0.15) is 10.5 Å². The molecule has 6 nitrogen and oxygen atoms in total.